The van der Waals surface area contributed by atoms with Crippen LogP contribution in [-0.2, 0) is 27.1 Å². The summed E-state index contributed by atoms with van der Waals surface area (Å²) in [5.41, 5.74) is 26.9. The quantitative estimate of drug-likeness (QED) is 0.174. The van der Waals surface area contributed by atoms with Gasteiger partial charge in [0.05, 0.1) is 28.4 Å². The van der Waals surface area contributed by atoms with Crippen LogP contribution in [0.1, 0.15) is 151 Å². The molecule has 7 aromatic carbocycles. The molecule has 0 fully saturated rings. The SMILES string of the molecule is Cc1cc2c3c(c1)N(c1ccc(C(C)(C)C)cc1-c1ccccc1)c1cc4c(cc1C3c1ccc(-c3ccccc3)cc1N2c1cc2c(cc1C)C(C)(C)CC2(C)C)C(C)(C)CC4(C)C. The monoisotopic (exact) mass is 851 g/mol. The van der Waals surface area contributed by atoms with Gasteiger partial charge in [0.1, 0.15) is 0 Å². The zero-order chi connectivity index (χ0) is 45.7. The first-order chi connectivity index (χ1) is 30.6. The van der Waals surface area contributed by atoms with Gasteiger partial charge in [0.25, 0.3) is 0 Å². The average Bonchev–Trinajstić information content (AvgIpc) is 3.55. The Labute approximate surface area is 389 Å². The highest BCUT2D eigenvalue weighted by Crippen LogP contribution is 2.64. The van der Waals surface area contributed by atoms with E-state index in [1.807, 2.05) is 0 Å². The molecule has 65 heavy (non-hydrogen) atoms. The molecule has 4 aliphatic rings. The van der Waals surface area contributed by atoms with Crippen LogP contribution in [0.25, 0.3) is 22.3 Å². The molecule has 7 aromatic rings. The lowest BCUT2D eigenvalue weighted by Crippen LogP contribution is -2.30. The minimum Gasteiger partial charge on any atom is -0.309 e. The normalized spacial score (nSPS) is 19.0. The van der Waals surface area contributed by atoms with Gasteiger partial charge in [-0.1, -0.05) is 167 Å². The van der Waals surface area contributed by atoms with Gasteiger partial charge in [-0.3, -0.25) is 0 Å². The first kappa shape index (κ1) is 41.8. The number of hydrogen-bond donors (Lipinski definition) is 0. The number of rotatable bonds is 4. The molecule has 0 spiro atoms. The third kappa shape index (κ3) is 6.33. The van der Waals surface area contributed by atoms with Gasteiger partial charge in [-0.25, -0.2) is 0 Å². The zero-order valence-electron chi connectivity index (χ0n) is 41.1. The molecule has 0 bridgehead atoms. The van der Waals surface area contributed by atoms with Gasteiger partial charge in [-0.15, -0.1) is 0 Å². The molecule has 0 N–H and O–H groups in total. The Kier molecular flexibility index (Phi) is 8.90. The molecule has 2 aliphatic carbocycles. The van der Waals surface area contributed by atoms with Crippen LogP contribution in [-0.4, -0.2) is 0 Å². The van der Waals surface area contributed by atoms with Gasteiger partial charge in [0.15, 0.2) is 0 Å². The van der Waals surface area contributed by atoms with Crippen molar-refractivity contribution in [1.29, 1.82) is 0 Å². The fourth-order valence-corrected chi connectivity index (χ4v) is 13.3. The number of benzene rings is 7. The number of aryl methyl sites for hydroxylation is 2. The highest BCUT2D eigenvalue weighted by atomic mass is 15.2. The van der Waals surface area contributed by atoms with Crippen LogP contribution in [0.4, 0.5) is 34.1 Å². The maximum atomic E-state index is 2.68. The molecular weight excluding hydrogens is 785 g/mol. The van der Waals surface area contributed by atoms with E-state index in [2.05, 4.69) is 233 Å². The predicted molar refractivity (Wildman–Crippen MR) is 277 cm³/mol. The molecule has 1 unspecified atom stereocenters. The van der Waals surface area contributed by atoms with Crippen molar-refractivity contribution in [2.75, 3.05) is 9.80 Å². The van der Waals surface area contributed by atoms with E-state index in [0.29, 0.717) is 0 Å². The summed E-state index contributed by atoms with van der Waals surface area (Å²) in [5.74, 6) is 0.0341. The molecule has 2 nitrogen and oxygen atoms in total. The molecular formula is C63H66N2. The lowest BCUT2D eigenvalue weighted by Gasteiger charge is -2.46. The lowest BCUT2D eigenvalue weighted by atomic mass is 9.73. The summed E-state index contributed by atoms with van der Waals surface area (Å²) < 4.78 is 0. The molecule has 0 saturated heterocycles. The topological polar surface area (TPSA) is 6.48 Å². The number of hydrogen-bond acceptors (Lipinski definition) is 2. The summed E-state index contributed by atoms with van der Waals surface area (Å²) in [4.78, 5) is 5.35. The number of fused-ring (bicyclic) bond motifs is 6. The third-order valence-electron chi connectivity index (χ3n) is 15.9. The van der Waals surface area contributed by atoms with E-state index in [0.717, 1.165) is 12.8 Å². The van der Waals surface area contributed by atoms with Crippen LogP contribution < -0.4 is 9.80 Å². The first-order valence-electron chi connectivity index (χ1n) is 24.1. The standard InChI is InChI=1S/C63H66N2/c1-38-28-55-58-56(29-38)65(52-34-49-47(30-39(52)2)60(6,7)36-62(49,10)11)53-31-42(40-20-16-14-17-21-40)24-26-44(53)57(58)46-33-48-50(63(12,13)37-61(48,8)9)35-54(46)64(55)51-27-25-43(59(3,4)5)32-45(51)41-22-18-15-19-23-41/h14-35,57H,36-37H2,1-13H3. The second-order valence-electron chi connectivity index (χ2n) is 23.8. The Morgan fingerprint density at radius 3 is 1.52 bits per heavy atom. The van der Waals surface area contributed by atoms with Crippen molar-refractivity contribution in [3.8, 4) is 22.3 Å². The number of anilines is 6. The van der Waals surface area contributed by atoms with Crippen LogP contribution in [0, 0.1) is 13.8 Å². The fraction of sp³-hybridized carbons (Fsp3) is 0.333. The van der Waals surface area contributed by atoms with Crippen molar-refractivity contribution in [2.24, 2.45) is 0 Å². The molecule has 2 heterocycles. The Hall–Kier alpha value is -5.86. The van der Waals surface area contributed by atoms with E-state index in [9.17, 15) is 0 Å². The molecule has 0 radical (unpaired) electrons. The maximum Gasteiger partial charge on any atom is 0.0540 e. The highest BCUT2D eigenvalue weighted by molar-refractivity contribution is 6.00. The van der Waals surface area contributed by atoms with E-state index in [1.165, 1.54) is 112 Å². The summed E-state index contributed by atoms with van der Waals surface area (Å²) >= 11 is 0. The van der Waals surface area contributed by atoms with Gasteiger partial charge in [0, 0.05) is 22.7 Å². The Bertz CT molecular complexity index is 3100. The second-order valence-corrected chi connectivity index (χ2v) is 23.8. The second kappa shape index (κ2) is 13.8. The van der Waals surface area contributed by atoms with Gasteiger partial charge in [-0.05, 0) is 163 Å². The molecule has 11 rings (SSSR count). The van der Waals surface area contributed by atoms with E-state index in [1.54, 1.807) is 0 Å². The minimum atomic E-state index is -0.00773. The lowest BCUT2D eigenvalue weighted by molar-refractivity contribution is 0.402. The maximum absolute atomic E-state index is 2.68. The average molecular weight is 851 g/mol. The third-order valence-corrected chi connectivity index (χ3v) is 15.9. The summed E-state index contributed by atoms with van der Waals surface area (Å²) in [6.07, 6.45) is 2.25. The van der Waals surface area contributed by atoms with Gasteiger partial charge in [-0.2, -0.15) is 0 Å². The molecule has 0 saturated carbocycles. The molecule has 0 amide bonds. The fourth-order valence-electron chi connectivity index (χ4n) is 13.3. The predicted octanol–water partition coefficient (Wildman–Crippen LogP) is 17.6. The van der Waals surface area contributed by atoms with Crippen LogP contribution in [0.15, 0.2) is 133 Å². The summed E-state index contributed by atoms with van der Waals surface area (Å²) in [5, 5.41) is 0. The van der Waals surface area contributed by atoms with Crippen LogP contribution in [0.3, 0.4) is 0 Å². The van der Waals surface area contributed by atoms with Crippen molar-refractivity contribution in [3.05, 3.63) is 189 Å². The molecule has 328 valence electrons. The van der Waals surface area contributed by atoms with Gasteiger partial charge >= 0.3 is 0 Å². The smallest absolute Gasteiger partial charge is 0.0540 e. The number of nitrogens with zero attached hydrogens (tertiary/aromatic N) is 2. The van der Waals surface area contributed by atoms with Crippen molar-refractivity contribution < 1.29 is 0 Å². The van der Waals surface area contributed by atoms with Gasteiger partial charge in [0.2, 0.25) is 0 Å². The largest absolute Gasteiger partial charge is 0.309 e. The Morgan fingerprint density at radius 1 is 0.431 bits per heavy atom. The van der Waals surface area contributed by atoms with Crippen LogP contribution in [0.5, 0.6) is 0 Å². The minimum absolute atomic E-state index is 0.00773. The molecule has 1 atom stereocenters. The molecule has 2 heteroatoms. The van der Waals surface area contributed by atoms with Crippen molar-refractivity contribution >= 4 is 34.1 Å². The van der Waals surface area contributed by atoms with Crippen LogP contribution in [0.2, 0.25) is 0 Å². The summed E-state index contributed by atoms with van der Waals surface area (Å²) in [6, 6.07) is 52.1. The van der Waals surface area contributed by atoms with Crippen molar-refractivity contribution in [1.82, 2.24) is 0 Å². The van der Waals surface area contributed by atoms with E-state index >= 15 is 0 Å². The highest BCUT2D eigenvalue weighted by Gasteiger charge is 2.48. The Morgan fingerprint density at radius 2 is 0.938 bits per heavy atom. The van der Waals surface area contributed by atoms with E-state index < -0.39 is 0 Å². The molecule has 2 aliphatic heterocycles. The summed E-state index contributed by atoms with van der Waals surface area (Å²) in [6.45, 7) is 31.3. The molecule has 0 aromatic heterocycles. The van der Waals surface area contributed by atoms with E-state index in [4.69, 9.17) is 0 Å². The van der Waals surface area contributed by atoms with Crippen molar-refractivity contribution in [2.45, 2.75) is 136 Å². The Balaban J connectivity index is 1.27. The van der Waals surface area contributed by atoms with Crippen molar-refractivity contribution in [3.63, 3.8) is 0 Å². The van der Waals surface area contributed by atoms with Crippen LogP contribution >= 0.6 is 0 Å². The van der Waals surface area contributed by atoms with Gasteiger partial charge < -0.3 is 9.80 Å². The zero-order valence-corrected chi connectivity index (χ0v) is 41.1. The van der Waals surface area contributed by atoms with E-state index in [-0.39, 0.29) is 33.0 Å². The first-order valence-corrected chi connectivity index (χ1v) is 24.1. The summed E-state index contributed by atoms with van der Waals surface area (Å²) in [7, 11) is 0.